The smallest absolute Gasteiger partial charge is 0.326 e. The number of hydrogen-bond acceptors (Lipinski definition) is 3. The zero-order chi connectivity index (χ0) is 17.7. The van der Waals surface area contributed by atoms with Gasteiger partial charge in [-0.05, 0) is 16.7 Å². The van der Waals surface area contributed by atoms with E-state index < -0.39 is 17.9 Å². The molecule has 2 fully saturated rings. The highest BCUT2D eigenvalue weighted by molar-refractivity contribution is 5.90. The molecule has 4 atom stereocenters. The monoisotopic (exact) mass is 323 g/mol. The number of amides is 1. The van der Waals surface area contributed by atoms with Crippen molar-refractivity contribution in [1.82, 2.24) is 4.90 Å². The Morgan fingerprint density at radius 2 is 1.83 bits per heavy atom. The Balaban J connectivity index is 2.23. The summed E-state index contributed by atoms with van der Waals surface area (Å²) >= 11 is 0. The van der Waals surface area contributed by atoms with Crippen LogP contribution < -0.4 is 0 Å². The van der Waals surface area contributed by atoms with Crippen LogP contribution in [0.3, 0.4) is 0 Å². The highest BCUT2D eigenvalue weighted by Crippen LogP contribution is 2.65. The first-order chi connectivity index (χ1) is 10.4. The van der Waals surface area contributed by atoms with Crippen molar-refractivity contribution in [2.75, 3.05) is 6.54 Å². The molecule has 1 aliphatic carbocycles. The van der Waals surface area contributed by atoms with Crippen LogP contribution in [0, 0.1) is 28.6 Å². The molecule has 1 N–H and O–H groups in total. The molecule has 1 heterocycles. The molecule has 1 saturated heterocycles. The molecule has 1 saturated carbocycles. The third-order valence-electron chi connectivity index (χ3n) is 5.91. The van der Waals surface area contributed by atoms with E-state index in [9.17, 15) is 19.5 Å². The average Bonchev–Trinajstić information content (AvgIpc) is 2.81. The highest BCUT2D eigenvalue weighted by atomic mass is 16.4. The van der Waals surface area contributed by atoms with Gasteiger partial charge in [0.25, 0.3) is 0 Å². The lowest BCUT2D eigenvalue weighted by atomic mass is 9.76. The van der Waals surface area contributed by atoms with Gasteiger partial charge >= 0.3 is 5.97 Å². The number of Topliss-reactive ketones (excluding diaryl/α,β-unsaturated/α-hetero) is 1. The predicted octanol–water partition coefficient (Wildman–Crippen LogP) is 2.59. The van der Waals surface area contributed by atoms with Gasteiger partial charge in [-0.1, -0.05) is 41.5 Å². The van der Waals surface area contributed by atoms with Gasteiger partial charge in [0.15, 0.2) is 0 Å². The molecule has 0 radical (unpaired) electrons. The minimum atomic E-state index is -0.925. The number of hydrogen-bond donors (Lipinski definition) is 1. The van der Waals surface area contributed by atoms with E-state index in [1.165, 1.54) is 4.90 Å². The summed E-state index contributed by atoms with van der Waals surface area (Å²) in [7, 11) is 0. The van der Waals surface area contributed by atoms with Crippen LogP contribution >= 0.6 is 0 Å². The van der Waals surface area contributed by atoms with Crippen LogP contribution in [-0.4, -0.2) is 40.3 Å². The topological polar surface area (TPSA) is 74.7 Å². The van der Waals surface area contributed by atoms with Gasteiger partial charge in [-0.3, -0.25) is 9.59 Å². The number of carboxylic acid groups (broad SMARTS) is 1. The number of rotatable bonds is 5. The van der Waals surface area contributed by atoms with Gasteiger partial charge in [0.1, 0.15) is 11.8 Å². The van der Waals surface area contributed by atoms with Crippen molar-refractivity contribution in [2.45, 2.75) is 60.4 Å². The van der Waals surface area contributed by atoms with Gasteiger partial charge < -0.3 is 10.0 Å². The summed E-state index contributed by atoms with van der Waals surface area (Å²) in [5.41, 5.74) is -0.371. The number of carbonyl (C=O) groups excluding carboxylic acids is 2. The fourth-order valence-electron chi connectivity index (χ4n) is 4.13. The first-order valence-corrected chi connectivity index (χ1v) is 8.47. The maximum absolute atomic E-state index is 13.0. The van der Waals surface area contributed by atoms with E-state index in [2.05, 4.69) is 13.8 Å². The van der Waals surface area contributed by atoms with Gasteiger partial charge in [0, 0.05) is 31.2 Å². The summed E-state index contributed by atoms with van der Waals surface area (Å²) in [5.74, 6) is -1.21. The SMILES string of the molecule is CCC(=O)C[C@H](C(=O)N1C[C@H]2[C@@H]([C@H]1C(=O)O)C2(C)C)C(C)(C)C. The number of carboxylic acids is 1. The normalized spacial score (nSPS) is 29.8. The van der Waals surface area contributed by atoms with Crippen molar-refractivity contribution in [2.24, 2.45) is 28.6 Å². The van der Waals surface area contributed by atoms with E-state index in [0.717, 1.165) is 0 Å². The largest absolute Gasteiger partial charge is 0.480 e. The zero-order valence-electron chi connectivity index (χ0n) is 15.0. The molecular weight excluding hydrogens is 294 g/mol. The van der Waals surface area contributed by atoms with Crippen molar-refractivity contribution in [1.29, 1.82) is 0 Å². The van der Waals surface area contributed by atoms with Crippen LogP contribution in [0.2, 0.25) is 0 Å². The van der Waals surface area contributed by atoms with Crippen LogP contribution in [0.25, 0.3) is 0 Å². The van der Waals surface area contributed by atoms with E-state index in [1.54, 1.807) is 6.92 Å². The predicted molar refractivity (Wildman–Crippen MR) is 86.8 cm³/mol. The van der Waals surface area contributed by atoms with Gasteiger partial charge in [0.2, 0.25) is 5.91 Å². The Hall–Kier alpha value is -1.39. The molecule has 2 aliphatic rings. The molecule has 0 unspecified atom stereocenters. The quantitative estimate of drug-likeness (QED) is 0.844. The molecular formula is C18H29NO4. The number of fused-ring (bicyclic) bond motifs is 1. The molecule has 2 rings (SSSR count). The molecule has 5 nitrogen and oxygen atoms in total. The van der Waals surface area contributed by atoms with Crippen molar-refractivity contribution in [3.63, 3.8) is 0 Å². The Labute approximate surface area is 138 Å². The average molecular weight is 323 g/mol. The fourth-order valence-corrected chi connectivity index (χ4v) is 4.13. The Morgan fingerprint density at radius 3 is 2.26 bits per heavy atom. The summed E-state index contributed by atoms with van der Waals surface area (Å²) in [4.78, 5) is 38.2. The number of aliphatic carboxylic acids is 1. The van der Waals surface area contributed by atoms with Crippen molar-refractivity contribution >= 4 is 17.7 Å². The summed E-state index contributed by atoms with van der Waals surface area (Å²) in [5, 5.41) is 9.61. The third-order valence-corrected chi connectivity index (χ3v) is 5.91. The lowest BCUT2D eigenvalue weighted by molar-refractivity contribution is -0.154. The van der Waals surface area contributed by atoms with Gasteiger partial charge in [-0.15, -0.1) is 0 Å². The maximum Gasteiger partial charge on any atom is 0.326 e. The maximum atomic E-state index is 13.0. The third kappa shape index (κ3) is 3.02. The van der Waals surface area contributed by atoms with Crippen LogP contribution in [0.1, 0.15) is 54.4 Å². The molecule has 23 heavy (non-hydrogen) atoms. The molecule has 0 bridgehead atoms. The molecule has 0 spiro atoms. The van der Waals surface area contributed by atoms with E-state index in [0.29, 0.717) is 13.0 Å². The second-order valence-corrected chi connectivity index (χ2v) is 8.74. The summed E-state index contributed by atoms with van der Waals surface area (Å²) in [6, 6.07) is -0.746. The van der Waals surface area contributed by atoms with Gasteiger partial charge in [-0.25, -0.2) is 4.79 Å². The molecule has 0 aromatic rings. The Kier molecular flexibility index (Phi) is 4.37. The second kappa shape index (κ2) is 5.60. The van der Waals surface area contributed by atoms with Crippen molar-refractivity contribution < 1.29 is 19.5 Å². The van der Waals surface area contributed by atoms with Crippen LogP contribution in [0.15, 0.2) is 0 Å². The molecule has 0 aromatic carbocycles. The highest BCUT2D eigenvalue weighted by Gasteiger charge is 2.69. The van der Waals surface area contributed by atoms with E-state index in [1.807, 2.05) is 20.8 Å². The molecule has 0 aromatic heterocycles. The van der Waals surface area contributed by atoms with Crippen LogP contribution in [-0.2, 0) is 14.4 Å². The Bertz CT molecular complexity index is 532. The summed E-state index contributed by atoms with van der Waals surface area (Å²) < 4.78 is 0. The first-order valence-electron chi connectivity index (χ1n) is 8.47. The number of piperidine rings is 1. The zero-order valence-corrected chi connectivity index (χ0v) is 15.0. The lowest BCUT2D eigenvalue weighted by Gasteiger charge is -2.36. The summed E-state index contributed by atoms with van der Waals surface area (Å²) in [6.45, 7) is 12.3. The first kappa shape index (κ1) is 18.0. The Morgan fingerprint density at radius 1 is 1.26 bits per heavy atom. The van der Waals surface area contributed by atoms with Crippen LogP contribution in [0.5, 0.6) is 0 Å². The van der Waals surface area contributed by atoms with E-state index in [-0.39, 0.29) is 40.8 Å². The lowest BCUT2D eigenvalue weighted by Crippen LogP contribution is -2.50. The minimum absolute atomic E-state index is 0.00367. The number of carbonyl (C=O) groups is 3. The van der Waals surface area contributed by atoms with E-state index in [4.69, 9.17) is 0 Å². The number of likely N-dealkylation sites (tertiary alicyclic amines) is 1. The fraction of sp³-hybridized carbons (Fsp3) is 0.833. The van der Waals surface area contributed by atoms with E-state index >= 15 is 0 Å². The van der Waals surface area contributed by atoms with Crippen molar-refractivity contribution in [3.8, 4) is 0 Å². The standard InChI is InChI=1S/C18H29NO4/c1-7-10(20)8-11(17(2,3)4)15(21)19-9-12-13(18(12,5)6)14(19)16(22)23/h11-14H,7-9H2,1-6H3,(H,22,23)/t11-,12+,13+,14+/m1/s1. The van der Waals surface area contributed by atoms with Crippen LogP contribution in [0.4, 0.5) is 0 Å². The molecule has 130 valence electrons. The molecule has 5 heteroatoms. The summed E-state index contributed by atoms with van der Waals surface area (Å²) in [6.07, 6.45) is 0.598. The van der Waals surface area contributed by atoms with Gasteiger partial charge in [0.05, 0.1) is 0 Å². The minimum Gasteiger partial charge on any atom is -0.480 e. The van der Waals surface area contributed by atoms with Gasteiger partial charge in [-0.2, -0.15) is 0 Å². The molecule has 1 amide bonds. The number of nitrogens with zero attached hydrogens (tertiary/aromatic N) is 1. The van der Waals surface area contributed by atoms with Crippen molar-refractivity contribution in [3.05, 3.63) is 0 Å². The number of ketones is 1. The molecule has 1 aliphatic heterocycles. The second-order valence-electron chi connectivity index (χ2n) is 8.74.